The predicted octanol–water partition coefficient (Wildman–Crippen LogP) is 5.07. The number of amides is 2. The minimum atomic E-state index is -1.15. The summed E-state index contributed by atoms with van der Waals surface area (Å²) in [4.78, 5) is 40.0. The number of nitrogens with one attached hydrogen (secondary N) is 2. The van der Waals surface area contributed by atoms with Crippen LogP contribution in [0.25, 0.3) is 0 Å². The number of rotatable bonds is 21. The normalized spacial score (nSPS) is 15.2. The molecule has 0 fully saturated rings. The summed E-state index contributed by atoms with van der Waals surface area (Å²) >= 11 is 0. The second kappa shape index (κ2) is 20.4. The molecule has 0 radical (unpaired) electrons. The highest BCUT2D eigenvalue weighted by Crippen LogP contribution is 2.31. The lowest BCUT2D eigenvalue weighted by Crippen LogP contribution is -2.50. The standard InChI is InChI=1S/C35H61N3O7/c1-10-11-18-37-32(40)27(24(4)5)22-29(39)28(34(42)45-35(6,7)8)21-26(23(2)3)31(36)38-33(41)25-16-12-13-17-30(25)44-20-15-14-19-43-9/h12-13,16-17,23-24,26-29,31,39H,10-11,14-15,18-22,36H2,1-9H3,(H,37,40)(H,38,41)/t26-,27-,28-,29-,31?/m0/s1. The number of carbonyl (C=O) groups excluding carboxylic acids is 3. The number of ether oxygens (including phenoxy) is 3. The monoisotopic (exact) mass is 635 g/mol. The van der Waals surface area contributed by atoms with Crippen LogP contribution in [0.2, 0.25) is 0 Å². The number of nitrogens with two attached hydrogens (primary N) is 1. The van der Waals surface area contributed by atoms with Gasteiger partial charge in [0, 0.05) is 26.2 Å². The van der Waals surface area contributed by atoms with Crippen LogP contribution in [-0.4, -0.2) is 67.6 Å². The van der Waals surface area contributed by atoms with Gasteiger partial charge in [0.2, 0.25) is 5.91 Å². The van der Waals surface area contributed by atoms with Gasteiger partial charge in [0.1, 0.15) is 11.4 Å². The fraction of sp³-hybridized carbons (Fsp3) is 0.743. The zero-order valence-electron chi connectivity index (χ0n) is 29.2. The summed E-state index contributed by atoms with van der Waals surface area (Å²) in [6.45, 7) is 16.8. The van der Waals surface area contributed by atoms with Gasteiger partial charge in [0.15, 0.2) is 0 Å². The van der Waals surface area contributed by atoms with Crippen molar-refractivity contribution in [2.45, 2.75) is 112 Å². The molecule has 0 heterocycles. The van der Waals surface area contributed by atoms with Crippen molar-refractivity contribution in [3.8, 4) is 5.75 Å². The summed E-state index contributed by atoms with van der Waals surface area (Å²) < 4.78 is 16.7. The first-order chi connectivity index (χ1) is 21.1. The van der Waals surface area contributed by atoms with Crippen molar-refractivity contribution >= 4 is 17.8 Å². The number of aliphatic hydroxyl groups excluding tert-OH is 1. The van der Waals surface area contributed by atoms with Crippen LogP contribution in [0.15, 0.2) is 24.3 Å². The van der Waals surface area contributed by atoms with E-state index in [2.05, 4.69) is 17.6 Å². The number of benzene rings is 1. The molecule has 0 aromatic heterocycles. The number of aliphatic hydroxyl groups is 1. The molecule has 1 unspecified atom stereocenters. The van der Waals surface area contributed by atoms with Crippen LogP contribution in [-0.2, 0) is 19.1 Å². The van der Waals surface area contributed by atoms with Crippen molar-refractivity contribution in [3.63, 3.8) is 0 Å². The molecule has 0 saturated heterocycles. The molecule has 5 atom stereocenters. The number of carbonyl (C=O) groups is 3. The average molecular weight is 636 g/mol. The Bertz CT molecular complexity index is 1020. The van der Waals surface area contributed by atoms with Crippen LogP contribution in [0.5, 0.6) is 5.75 Å². The van der Waals surface area contributed by atoms with E-state index in [1.165, 1.54) is 0 Å². The molecule has 45 heavy (non-hydrogen) atoms. The van der Waals surface area contributed by atoms with Crippen molar-refractivity contribution in [1.29, 1.82) is 0 Å². The lowest BCUT2D eigenvalue weighted by Gasteiger charge is -2.34. The third kappa shape index (κ3) is 15.0. The number of esters is 1. The highest BCUT2D eigenvalue weighted by Gasteiger charge is 2.39. The van der Waals surface area contributed by atoms with Crippen LogP contribution >= 0.6 is 0 Å². The lowest BCUT2D eigenvalue weighted by atomic mass is 9.78. The molecule has 5 N–H and O–H groups in total. The summed E-state index contributed by atoms with van der Waals surface area (Å²) in [5.41, 5.74) is 6.20. The molecule has 10 nitrogen and oxygen atoms in total. The van der Waals surface area contributed by atoms with Gasteiger partial charge < -0.3 is 35.7 Å². The Morgan fingerprint density at radius 2 is 1.58 bits per heavy atom. The Kier molecular flexibility index (Phi) is 18.3. The Morgan fingerprint density at radius 3 is 2.16 bits per heavy atom. The Labute approximate surface area is 271 Å². The van der Waals surface area contributed by atoms with Crippen LogP contribution < -0.4 is 21.1 Å². The van der Waals surface area contributed by atoms with Crippen molar-refractivity contribution in [1.82, 2.24) is 10.6 Å². The van der Waals surface area contributed by atoms with E-state index in [-0.39, 0.29) is 36.5 Å². The zero-order chi connectivity index (χ0) is 34.2. The van der Waals surface area contributed by atoms with Crippen LogP contribution in [0.1, 0.15) is 104 Å². The summed E-state index contributed by atoms with van der Waals surface area (Å²) in [5, 5.41) is 17.4. The Balaban J connectivity index is 3.18. The topological polar surface area (TPSA) is 149 Å². The van der Waals surface area contributed by atoms with E-state index in [1.54, 1.807) is 52.1 Å². The average Bonchev–Trinajstić information content (AvgIpc) is 2.94. The van der Waals surface area contributed by atoms with Crippen molar-refractivity contribution in [3.05, 3.63) is 29.8 Å². The van der Waals surface area contributed by atoms with E-state index in [1.807, 2.05) is 27.7 Å². The van der Waals surface area contributed by atoms with Gasteiger partial charge in [-0.2, -0.15) is 0 Å². The number of para-hydroxylation sites is 1. The van der Waals surface area contributed by atoms with Gasteiger partial charge in [-0.15, -0.1) is 0 Å². The van der Waals surface area contributed by atoms with Crippen molar-refractivity contribution < 1.29 is 33.7 Å². The molecule has 0 saturated carbocycles. The largest absolute Gasteiger partial charge is 0.493 e. The molecule has 258 valence electrons. The van der Waals surface area contributed by atoms with E-state index >= 15 is 0 Å². The molecular formula is C35H61N3O7. The third-order valence-corrected chi connectivity index (χ3v) is 7.91. The molecule has 0 aliphatic rings. The zero-order valence-corrected chi connectivity index (χ0v) is 29.2. The summed E-state index contributed by atoms with van der Waals surface area (Å²) in [7, 11) is 1.65. The van der Waals surface area contributed by atoms with E-state index in [0.717, 1.165) is 25.7 Å². The molecule has 1 aromatic rings. The highest BCUT2D eigenvalue weighted by molar-refractivity contribution is 5.97. The lowest BCUT2D eigenvalue weighted by molar-refractivity contribution is -0.166. The number of hydrogen-bond acceptors (Lipinski definition) is 8. The number of methoxy groups -OCH3 is 1. The first kappa shape index (κ1) is 40.3. The first-order valence-corrected chi connectivity index (χ1v) is 16.6. The van der Waals surface area contributed by atoms with E-state index in [0.29, 0.717) is 31.1 Å². The first-order valence-electron chi connectivity index (χ1n) is 16.6. The molecule has 0 bridgehead atoms. The quantitative estimate of drug-likeness (QED) is 0.0832. The van der Waals surface area contributed by atoms with E-state index < -0.39 is 41.6 Å². The SMILES string of the molecule is CCCCNC(=O)[C@@H](C[C@H](O)[C@H](C[C@@H](C(C)C)C(N)NC(=O)c1ccccc1OCCCCOC)C(=O)OC(C)(C)C)C(C)C. The van der Waals surface area contributed by atoms with Gasteiger partial charge >= 0.3 is 5.97 Å². The molecule has 0 spiro atoms. The second-order valence-electron chi connectivity index (χ2n) is 13.6. The molecule has 0 aliphatic carbocycles. The minimum absolute atomic E-state index is 0.0507. The molecule has 1 aromatic carbocycles. The fourth-order valence-electron chi connectivity index (χ4n) is 5.19. The van der Waals surface area contributed by atoms with E-state index in [9.17, 15) is 19.5 Å². The Hall–Kier alpha value is -2.69. The second-order valence-corrected chi connectivity index (χ2v) is 13.6. The number of hydrogen-bond donors (Lipinski definition) is 4. The third-order valence-electron chi connectivity index (χ3n) is 7.91. The van der Waals surface area contributed by atoms with Crippen molar-refractivity contribution in [2.75, 3.05) is 26.9 Å². The van der Waals surface area contributed by atoms with Crippen LogP contribution in [0.4, 0.5) is 0 Å². The molecule has 10 heteroatoms. The maximum Gasteiger partial charge on any atom is 0.312 e. The molecule has 0 aliphatic heterocycles. The molecular weight excluding hydrogens is 574 g/mol. The van der Waals surface area contributed by atoms with Gasteiger partial charge in [-0.1, -0.05) is 53.2 Å². The Morgan fingerprint density at radius 1 is 0.933 bits per heavy atom. The summed E-state index contributed by atoms with van der Waals surface area (Å²) in [5.74, 6) is -2.55. The summed E-state index contributed by atoms with van der Waals surface area (Å²) in [6, 6.07) is 6.99. The number of unbranched alkanes of at least 4 members (excludes halogenated alkanes) is 2. The van der Waals surface area contributed by atoms with Crippen molar-refractivity contribution in [2.24, 2.45) is 35.3 Å². The smallest absolute Gasteiger partial charge is 0.312 e. The highest BCUT2D eigenvalue weighted by atomic mass is 16.6. The van der Waals surface area contributed by atoms with Gasteiger partial charge in [0.25, 0.3) is 5.91 Å². The van der Waals surface area contributed by atoms with Gasteiger partial charge in [-0.25, -0.2) is 0 Å². The van der Waals surface area contributed by atoms with Gasteiger partial charge in [0.05, 0.1) is 30.4 Å². The molecule has 2 amide bonds. The van der Waals surface area contributed by atoms with Crippen LogP contribution in [0, 0.1) is 29.6 Å². The summed E-state index contributed by atoms with van der Waals surface area (Å²) in [6.07, 6.45) is 1.73. The minimum Gasteiger partial charge on any atom is -0.493 e. The maximum absolute atomic E-state index is 13.5. The molecule has 1 rings (SSSR count). The predicted molar refractivity (Wildman–Crippen MR) is 178 cm³/mol. The van der Waals surface area contributed by atoms with Gasteiger partial charge in [-0.05, 0) is 82.8 Å². The fourth-order valence-corrected chi connectivity index (χ4v) is 5.19. The van der Waals surface area contributed by atoms with Crippen LogP contribution in [0.3, 0.4) is 0 Å². The maximum atomic E-state index is 13.5. The van der Waals surface area contributed by atoms with Gasteiger partial charge in [-0.3, -0.25) is 14.4 Å². The van der Waals surface area contributed by atoms with E-state index in [4.69, 9.17) is 19.9 Å².